The Bertz CT molecular complexity index is 1100. The lowest BCUT2D eigenvalue weighted by molar-refractivity contribution is -0.140. The zero-order valence-electron chi connectivity index (χ0n) is 17.1. The molecule has 2 atom stereocenters. The smallest absolute Gasteiger partial charge is 0.321 e. The van der Waals surface area contributed by atoms with E-state index in [0.29, 0.717) is 0 Å². The molecule has 3 rings (SSSR count). The highest BCUT2D eigenvalue weighted by Crippen LogP contribution is 2.31. The van der Waals surface area contributed by atoms with Gasteiger partial charge in [-0.3, -0.25) is 9.59 Å². The fourth-order valence-corrected chi connectivity index (χ4v) is 4.93. The maximum absolute atomic E-state index is 13.4. The normalized spacial score (nSPS) is 19.6. The van der Waals surface area contributed by atoms with Crippen LogP contribution in [0.5, 0.6) is 0 Å². The maximum atomic E-state index is 13.4. The highest BCUT2D eigenvalue weighted by Gasteiger charge is 2.46. The van der Waals surface area contributed by atoms with Gasteiger partial charge in [-0.1, -0.05) is 56.3 Å². The van der Waals surface area contributed by atoms with Gasteiger partial charge in [0.15, 0.2) is 10.6 Å². The number of hydrogen-bond donors (Lipinski definition) is 3. The fourth-order valence-electron chi connectivity index (χ4n) is 3.23. The Labute approximate surface area is 180 Å². The van der Waals surface area contributed by atoms with E-state index < -0.39 is 38.7 Å². The molecule has 1 aromatic heterocycles. The summed E-state index contributed by atoms with van der Waals surface area (Å²) in [5.74, 6) is -2.59. The summed E-state index contributed by atoms with van der Waals surface area (Å²) >= 11 is 0. The summed E-state index contributed by atoms with van der Waals surface area (Å²) in [6, 6.07) is 10.9. The second-order valence-electron chi connectivity index (χ2n) is 7.57. The van der Waals surface area contributed by atoms with E-state index in [9.17, 15) is 23.1 Å². The number of carbonyl (C=O) groups is 2. The number of aliphatic carboxylic acids is 1. The molecule has 0 aliphatic heterocycles. The van der Waals surface area contributed by atoms with Crippen LogP contribution in [0.4, 0.5) is 0 Å². The number of carboxylic acid groups (broad SMARTS) is 1. The molecule has 9 heteroatoms. The van der Waals surface area contributed by atoms with Crippen molar-refractivity contribution >= 4 is 27.5 Å². The highest BCUT2D eigenvalue weighted by atomic mass is 32.2. The Morgan fingerprint density at radius 3 is 2.35 bits per heavy atom. The minimum absolute atomic E-state index is 0.0561. The number of benzene rings is 1. The SMILES string of the molecule is CC(C)C(NS(=O)(=O)C1(NC(=O)c2ccco2)C=CC(c2ccccc2)=CC1)C(=O)O. The molecular weight excluding hydrogens is 420 g/mol. The molecule has 0 saturated carbocycles. The van der Waals surface area contributed by atoms with Crippen LogP contribution in [-0.2, 0) is 14.8 Å². The van der Waals surface area contributed by atoms with Crippen LogP contribution in [-0.4, -0.2) is 36.3 Å². The number of carbonyl (C=O) groups excluding carboxylic acids is 1. The molecule has 1 aliphatic rings. The van der Waals surface area contributed by atoms with Crippen molar-refractivity contribution < 1.29 is 27.5 Å². The summed E-state index contributed by atoms with van der Waals surface area (Å²) in [6.45, 7) is 3.19. The standard InChI is InChI=1S/C22H24N2O6S/c1-15(2)19(21(26)27)24-31(28,29)22(23-20(25)18-9-6-14-30-18)12-10-17(11-13-22)16-7-4-3-5-8-16/h3-12,14-15,19,24H,13H2,1-2H3,(H,23,25)(H,26,27). The highest BCUT2D eigenvalue weighted by molar-refractivity contribution is 7.91. The Balaban J connectivity index is 1.98. The summed E-state index contributed by atoms with van der Waals surface area (Å²) in [6.07, 6.45) is 5.88. The first kappa shape index (κ1) is 22.5. The van der Waals surface area contributed by atoms with E-state index in [0.717, 1.165) is 11.1 Å². The topological polar surface area (TPSA) is 126 Å². The molecule has 2 aromatic rings. The number of rotatable bonds is 8. The van der Waals surface area contributed by atoms with Gasteiger partial charge in [0.2, 0.25) is 10.0 Å². The van der Waals surface area contributed by atoms with Gasteiger partial charge in [-0.05, 0) is 35.3 Å². The molecular formula is C22H24N2O6S. The van der Waals surface area contributed by atoms with Crippen molar-refractivity contribution in [2.45, 2.75) is 31.2 Å². The molecule has 1 aromatic carbocycles. The summed E-state index contributed by atoms with van der Waals surface area (Å²) in [5.41, 5.74) is 1.68. The van der Waals surface area contributed by atoms with E-state index in [-0.39, 0.29) is 12.2 Å². The summed E-state index contributed by atoms with van der Waals surface area (Å²) in [5, 5.41) is 12.0. The van der Waals surface area contributed by atoms with E-state index in [1.165, 1.54) is 24.5 Å². The third-order valence-electron chi connectivity index (χ3n) is 5.03. The molecule has 1 amide bonds. The Kier molecular flexibility index (Phi) is 6.47. The number of amides is 1. The zero-order chi connectivity index (χ0) is 22.6. The van der Waals surface area contributed by atoms with Crippen molar-refractivity contribution in [2.24, 2.45) is 5.92 Å². The van der Waals surface area contributed by atoms with E-state index in [2.05, 4.69) is 10.0 Å². The first-order chi connectivity index (χ1) is 14.7. The van der Waals surface area contributed by atoms with Crippen molar-refractivity contribution in [3.05, 3.63) is 78.3 Å². The number of sulfonamides is 1. The van der Waals surface area contributed by atoms with Gasteiger partial charge in [-0.25, -0.2) is 8.42 Å². The molecule has 2 unspecified atom stereocenters. The third-order valence-corrected chi connectivity index (χ3v) is 6.96. The average molecular weight is 445 g/mol. The van der Waals surface area contributed by atoms with E-state index in [1.54, 1.807) is 26.0 Å². The first-order valence-corrected chi connectivity index (χ1v) is 11.2. The summed E-state index contributed by atoms with van der Waals surface area (Å²) < 4.78 is 34.1. The lowest BCUT2D eigenvalue weighted by Gasteiger charge is -2.34. The van der Waals surface area contributed by atoms with Gasteiger partial charge in [-0.15, -0.1) is 0 Å². The average Bonchev–Trinajstić information content (AvgIpc) is 3.28. The number of furan rings is 1. The van der Waals surface area contributed by atoms with Gasteiger partial charge >= 0.3 is 5.97 Å². The molecule has 0 bridgehead atoms. The van der Waals surface area contributed by atoms with Gasteiger partial charge in [0.1, 0.15) is 6.04 Å². The molecule has 0 fully saturated rings. The molecule has 1 aliphatic carbocycles. The van der Waals surface area contributed by atoms with E-state index in [4.69, 9.17) is 4.42 Å². The predicted octanol–water partition coefficient (Wildman–Crippen LogP) is 2.78. The monoisotopic (exact) mass is 444 g/mol. The van der Waals surface area contributed by atoms with Gasteiger partial charge in [0.25, 0.3) is 5.91 Å². The molecule has 1 heterocycles. The van der Waals surface area contributed by atoms with Gasteiger partial charge in [0.05, 0.1) is 6.26 Å². The van der Waals surface area contributed by atoms with E-state index >= 15 is 0 Å². The number of allylic oxidation sites excluding steroid dienone is 2. The minimum atomic E-state index is -4.36. The lowest BCUT2D eigenvalue weighted by atomic mass is 9.96. The predicted molar refractivity (Wildman–Crippen MR) is 115 cm³/mol. The quantitative estimate of drug-likeness (QED) is 0.575. The number of hydrogen-bond acceptors (Lipinski definition) is 5. The van der Waals surface area contributed by atoms with Crippen molar-refractivity contribution in [3.63, 3.8) is 0 Å². The van der Waals surface area contributed by atoms with Gasteiger partial charge < -0.3 is 14.8 Å². The largest absolute Gasteiger partial charge is 0.480 e. The molecule has 0 spiro atoms. The van der Waals surface area contributed by atoms with Crippen LogP contribution in [0.2, 0.25) is 0 Å². The van der Waals surface area contributed by atoms with Crippen molar-refractivity contribution in [3.8, 4) is 0 Å². The Hall–Kier alpha value is -3.17. The van der Waals surface area contributed by atoms with Crippen molar-refractivity contribution in [2.75, 3.05) is 0 Å². The molecule has 0 radical (unpaired) electrons. The van der Waals surface area contributed by atoms with Crippen LogP contribution in [0.3, 0.4) is 0 Å². The van der Waals surface area contributed by atoms with E-state index in [1.807, 2.05) is 30.3 Å². The Morgan fingerprint density at radius 1 is 1.13 bits per heavy atom. The van der Waals surface area contributed by atoms with Crippen molar-refractivity contribution in [1.82, 2.24) is 10.0 Å². The van der Waals surface area contributed by atoms with Crippen LogP contribution in [0, 0.1) is 5.92 Å². The van der Waals surface area contributed by atoms with Gasteiger partial charge in [-0.2, -0.15) is 4.72 Å². The molecule has 31 heavy (non-hydrogen) atoms. The summed E-state index contributed by atoms with van der Waals surface area (Å²) in [7, 11) is -4.36. The first-order valence-electron chi connectivity index (χ1n) is 9.71. The number of nitrogens with one attached hydrogen (secondary N) is 2. The number of carboxylic acids is 1. The van der Waals surface area contributed by atoms with Gasteiger partial charge in [0, 0.05) is 6.42 Å². The van der Waals surface area contributed by atoms with Crippen molar-refractivity contribution in [1.29, 1.82) is 0 Å². The molecule has 3 N–H and O–H groups in total. The van der Waals surface area contributed by atoms with Crippen LogP contribution < -0.4 is 10.0 Å². The third kappa shape index (κ3) is 4.78. The molecule has 0 saturated heterocycles. The van der Waals surface area contributed by atoms with Crippen LogP contribution in [0.1, 0.15) is 36.4 Å². The van der Waals surface area contributed by atoms with Crippen LogP contribution >= 0.6 is 0 Å². The Morgan fingerprint density at radius 2 is 1.84 bits per heavy atom. The van der Waals surface area contributed by atoms with Crippen LogP contribution in [0.15, 0.2) is 71.4 Å². The minimum Gasteiger partial charge on any atom is -0.480 e. The summed E-state index contributed by atoms with van der Waals surface area (Å²) in [4.78, 5) is 22.4. The molecule has 164 valence electrons. The second kappa shape index (κ2) is 8.91. The zero-order valence-corrected chi connectivity index (χ0v) is 17.9. The maximum Gasteiger partial charge on any atom is 0.321 e. The second-order valence-corrected chi connectivity index (χ2v) is 9.54. The lowest BCUT2D eigenvalue weighted by Crippen LogP contribution is -2.60. The fraction of sp³-hybridized carbons (Fsp3) is 0.273. The van der Waals surface area contributed by atoms with Crippen LogP contribution in [0.25, 0.3) is 5.57 Å². The molecule has 8 nitrogen and oxygen atoms in total.